The number of hydrogen-bond acceptors (Lipinski definition) is 0. The van der Waals surface area contributed by atoms with E-state index in [0.29, 0.717) is 11.8 Å². The fourth-order valence-electron chi connectivity index (χ4n) is 3.20. The highest BCUT2D eigenvalue weighted by atomic mass is 14.3. The Balaban J connectivity index is 2.21. The molecular formula is C17H14. The minimum atomic E-state index is 0.486. The molecule has 0 bridgehead atoms. The SMILES string of the molecule is CC1C=CC2C=Cc3cccc4ccc1c2c34. The molecule has 0 N–H and O–H groups in total. The maximum Gasteiger partial charge on any atom is 0.0211 e. The predicted molar refractivity (Wildman–Crippen MR) is 73.3 cm³/mol. The summed E-state index contributed by atoms with van der Waals surface area (Å²) in [6.07, 6.45) is 9.27. The van der Waals surface area contributed by atoms with Crippen LogP contribution in [0.15, 0.2) is 48.6 Å². The summed E-state index contributed by atoms with van der Waals surface area (Å²) in [6.45, 7) is 2.28. The van der Waals surface area contributed by atoms with Crippen LogP contribution in [0.4, 0.5) is 0 Å². The van der Waals surface area contributed by atoms with Crippen molar-refractivity contribution < 1.29 is 0 Å². The molecule has 0 spiro atoms. The minimum Gasteiger partial charge on any atom is -0.0804 e. The van der Waals surface area contributed by atoms with Gasteiger partial charge in [-0.25, -0.2) is 0 Å². The molecule has 0 aromatic heterocycles. The third-order valence-electron chi connectivity index (χ3n) is 4.07. The zero-order valence-corrected chi connectivity index (χ0v) is 9.85. The first-order chi connectivity index (χ1) is 8.34. The van der Waals surface area contributed by atoms with Gasteiger partial charge in [0.15, 0.2) is 0 Å². The van der Waals surface area contributed by atoms with E-state index in [0.717, 1.165) is 0 Å². The Bertz CT molecular complexity index is 674. The van der Waals surface area contributed by atoms with Crippen molar-refractivity contribution in [2.24, 2.45) is 0 Å². The minimum absolute atomic E-state index is 0.486. The Morgan fingerprint density at radius 1 is 0.941 bits per heavy atom. The molecule has 0 heterocycles. The van der Waals surface area contributed by atoms with Gasteiger partial charge in [0.05, 0.1) is 0 Å². The van der Waals surface area contributed by atoms with Gasteiger partial charge in [0.25, 0.3) is 0 Å². The molecule has 0 aliphatic heterocycles. The van der Waals surface area contributed by atoms with E-state index in [9.17, 15) is 0 Å². The topological polar surface area (TPSA) is 0 Å². The van der Waals surface area contributed by atoms with Crippen molar-refractivity contribution in [3.8, 4) is 0 Å². The molecule has 2 atom stereocenters. The Hall–Kier alpha value is -1.82. The van der Waals surface area contributed by atoms with Gasteiger partial charge in [0.2, 0.25) is 0 Å². The molecule has 0 fully saturated rings. The number of allylic oxidation sites excluding steroid dienone is 3. The third-order valence-corrected chi connectivity index (χ3v) is 4.07. The summed E-state index contributed by atoms with van der Waals surface area (Å²) in [5, 5.41) is 2.84. The molecule has 0 nitrogen and oxygen atoms in total. The summed E-state index contributed by atoms with van der Waals surface area (Å²) >= 11 is 0. The van der Waals surface area contributed by atoms with Crippen LogP contribution < -0.4 is 0 Å². The molecule has 2 aromatic carbocycles. The Labute approximate surface area is 101 Å². The van der Waals surface area contributed by atoms with Crippen molar-refractivity contribution in [3.05, 3.63) is 65.3 Å². The zero-order chi connectivity index (χ0) is 11.4. The van der Waals surface area contributed by atoms with Gasteiger partial charge in [0.1, 0.15) is 0 Å². The Kier molecular flexibility index (Phi) is 1.69. The van der Waals surface area contributed by atoms with Gasteiger partial charge >= 0.3 is 0 Å². The van der Waals surface area contributed by atoms with Gasteiger partial charge < -0.3 is 0 Å². The highest BCUT2D eigenvalue weighted by molar-refractivity contribution is 5.97. The smallest absolute Gasteiger partial charge is 0.0211 e. The lowest BCUT2D eigenvalue weighted by molar-refractivity contribution is 0.878. The Morgan fingerprint density at radius 2 is 1.88 bits per heavy atom. The summed E-state index contributed by atoms with van der Waals surface area (Å²) < 4.78 is 0. The van der Waals surface area contributed by atoms with E-state index in [4.69, 9.17) is 0 Å². The first-order valence-corrected chi connectivity index (χ1v) is 6.26. The van der Waals surface area contributed by atoms with Gasteiger partial charge in [-0.15, -0.1) is 0 Å². The fourth-order valence-corrected chi connectivity index (χ4v) is 3.20. The molecule has 0 saturated heterocycles. The van der Waals surface area contributed by atoms with E-state index in [1.165, 1.54) is 27.5 Å². The second-order valence-electron chi connectivity index (χ2n) is 5.07. The molecule has 17 heavy (non-hydrogen) atoms. The maximum absolute atomic E-state index is 2.35. The van der Waals surface area contributed by atoms with E-state index < -0.39 is 0 Å². The fraction of sp³-hybridized carbons (Fsp3) is 0.176. The van der Waals surface area contributed by atoms with Crippen LogP contribution in [0.2, 0.25) is 0 Å². The van der Waals surface area contributed by atoms with E-state index in [2.05, 4.69) is 61.6 Å². The van der Waals surface area contributed by atoms with Crippen molar-refractivity contribution in [3.63, 3.8) is 0 Å². The molecule has 2 aliphatic carbocycles. The predicted octanol–water partition coefficient (Wildman–Crippen LogP) is 4.62. The molecule has 82 valence electrons. The summed E-state index contributed by atoms with van der Waals surface area (Å²) in [5.74, 6) is 1.03. The van der Waals surface area contributed by atoms with Gasteiger partial charge in [-0.1, -0.05) is 61.6 Å². The van der Waals surface area contributed by atoms with Crippen molar-refractivity contribution in [2.45, 2.75) is 18.8 Å². The highest BCUT2D eigenvalue weighted by Gasteiger charge is 2.23. The normalized spacial score (nSPS) is 24.3. The van der Waals surface area contributed by atoms with Crippen LogP contribution in [-0.2, 0) is 0 Å². The quantitative estimate of drug-likeness (QED) is 0.566. The summed E-state index contributed by atoms with van der Waals surface area (Å²) in [6, 6.07) is 11.2. The molecule has 2 aliphatic rings. The summed E-state index contributed by atoms with van der Waals surface area (Å²) in [4.78, 5) is 0. The number of hydrogen-bond donors (Lipinski definition) is 0. The molecule has 0 saturated carbocycles. The van der Waals surface area contributed by atoms with Crippen molar-refractivity contribution in [2.75, 3.05) is 0 Å². The molecule has 0 heteroatoms. The van der Waals surface area contributed by atoms with Crippen LogP contribution >= 0.6 is 0 Å². The molecule has 0 radical (unpaired) electrons. The standard InChI is InChI=1S/C17H14/c1-11-5-6-14-8-7-12-3-2-4-13-9-10-15(11)17(14)16(12)13/h2-11,14H,1H3. The zero-order valence-electron chi connectivity index (χ0n) is 9.85. The maximum atomic E-state index is 2.35. The van der Waals surface area contributed by atoms with Crippen LogP contribution in [0.5, 0.6) is 0 Å². The van der Waals surface area contributed by atoms with Gasteiger partial charge in [0, 0.05) is 5.92 Å². The van der Waals surface area contributed by atoms with Crippen LogP contribution in [0.1, 0.15) is 35.4 Å². The average Bonchev–Trinajstić information content (AvgIpc) is 2.38. The summed E-state index contributed by atoms with van der Waals surface area (Å²) in [5.41, 5.74) is 4.41. The monoisotopic (exact) mass is 218 g/mol. The first kappa shape index (κ1) is 9.23. The van der Waals surface area contributed by atoms with E-state index >= 15 is 0 Å². The number of rotatable bonds is 0. The van der Waals surface area contributed by atoms with Crippen LogP contribution in [0.3, 0.4) is 0 Å². The molecule has 2 aromatic rings. The second kappa shape index (κ2) is 3.10. The molecule has 0 amide bonds. The Morgan fingerprint density at radius 3 is 2.82 bits per heavy atom. The van der Waals surface area contributed by atoms with Crippen LogP contribution in [0.25, 0.3) is 16.8 Å². The largest absolute Gasteiger partial charge is 0.0804 e. The average molecular weight is 218 g/mol. The lowest BCUT2D eigenvalue weighted by atomic mass is 9.76. The van der Waals surface area contributed by atoms with Crippen LogP contribution in [0, 0.1) is 0 Å². The van der Waals surface area contributed by atoms with Crippen LogP contribution in [-0.4, -0.2) is 0 Å². The lowest BCUT2D eigenvalue weighted by Gasteiger charge is -2.28. The third kappa shape index (κ3) is 1.13. The van der Waals surface area contributed by atoms with Crippen molar-refractivity contribution in [1.82, 2.24) is 0 Å². The molecule has 2 unspecified atom stereocenters. The van der Waals surface area contributed by atoms with Gasteiger partial charge in [-0.3, -0.25) is 0 Å². The van der Waals surface area contributed by atoms with Crippen molar-refractivity contribution >= 4 is 16.8 Å². The molecule has 4 rings (SSSR count). The summed E-state index contributed by atoms with van der Waals surface area (Å²) in [7, 11) is 0. The van der Waals surface area contributed by atoms with E-state index in [1.54, 1.807) is 0 Å². The number of benzene rings is 2. The van der Waals surface area contributed by atoms with E-state index in [1.807, 2.05) is 0 Å². The first-order valence-electron chi connectivity index (χ1n) is 6.26. The lowest BCUT2D eigenvalue weighted by Crippen LogP contribution is -2.09. The van der Waals surface area contributed by atoms with Gasteiger partial charge in [-0.2, -0.15) is 0 Å². The van der Waals surface area contributed by atoms with E-state index in [-0.39, 0.29) is 0 Å². The molecular weight excluding hydrogens is 204 g/mol. The van der Waals surface area contributed by atoms with Crippen molar-refractivity contribution in [1.29, 1.82) is 0 Å². The second-order valence-corrected chi connectivity index (χ2v) is 5.07. The van der Waals surface area contributed by atoms with Gasteiger partial charge in [-0.05, 0) is 33.4 Å². The highest BCUT2D eigenvalue weighted by Crippen LogP contribution is 2.43.